The number of hydrogen-bond donors (Lipinski definition) is 0. The van der Waals surface area contributed by atoms with E-state index in [4.69, 9.17) is 9.47 Å². The van der Waals surface area contributed by atoms with Crippen LogP contribution in [0.15, 0.2) is 168 Å². The summed E-state index contributed by atoms with van der Waals surface area (Å²) in [7, 11) is 0. The first-order valence-electron chi connectivity index (χ1n) is 17.7. The lowest BCUT2D eigenvalue weighted by Gasteiger charge is -2.34. The van der Waals surface area contributed by atoms with Crippen molar-refractivity contribution in [3.8, 4) is 33.4 Å². The lowest BCUT2D eigenvalue weighted by molar-refractivity contribution is 0.348. The third-order valence-corrected chi connectivity index (χ3v) is 10.6. The molecule has 0 fully saturated rings. The van der Waals surface area contributed by atoms with Crippen LogP contribution in [-0.2, 0) is 14.9 Å². The molecule has 0 saturated heterocycles. The fourth-order valence-corrected chi connectivity index (χ4v) is 8.38. The zero-order chi connectivity index (χ0) is 33.8. The van der Waals surface area contributed by atoms with E-state index in [2.05, 4.69) is 168 Å². The molecular formula is C47H34N2O2. The molecule has 2 heterocycles. The second kappa shape index (κ2) is 12.0. The molecule has 0 spiro atoms. The van der Waals surface area contributed by atoms with E-state index >= 15 is 0 Å². The molecule has 0 aromatic heterocycles. The van der Waals surface area contributed by atoms with Crippen LogP contribution in [0, 0.1) is 0 Å². The monoisotopic (exact) mass is 658 g/mol. The maximum Gasteiger partial charge on any atom is 0.216 e. The van der Waals surface area contributed by atoms with Crippen LogP contribution in [0.1, 0.15) is 33.4 Å². The van der Waals surface area contributed by atoms with E-state index in [-0.39, 0.29) is 0 Å². The smallest absolute Gasteiger partial charge is 0.216 e. The minimum Gasteiger partial charge on any atom is -0.476 e. The van der Waals surface area contributed by atoms with Crippen LogP contribution < -0.4 is 0 Å². The molecule has 0 bridgehead atoms. The predicted octanol–water partition coefficient (Wildman–Crippen LogP) is 10.1. The first-order valence-corrected chi connectivity index (χ1v) is 17.7. The molecule has 7 aromatic carbocycles. The summed E-state index contributed by atoms with van der Waals surface area (Å²) in [4.78, 5) is 9.07. The quantitative estimate of drug-likeness (QED) is 0.179. The highest BCUT2D eigenvalue weighted by Crippen LogP contribution is 2.59. The van der Waals surface area contributed by atoms with Crippen molar-refractivity contribution in [3.63, 3.8) is 0 Å². The van der Waals surface area contributed by atoms with Crippen LogP contribution in [0.4, 0.5) is 0 Å². The van der Waals surface area contributed by atoms with Crippen LogP contribution in [0.3, 0.4) is 0 Å². The minimum absolute atomic E-state index is 0.555. The molecule has 4 heteroatoms. The average Bonchev–Trinajstić information content (AvgIpc) is 4.00. The van der Waals surface area contributed by atoms with Crippen LogP contribution in [0.2, 0.25) is 0 Å². The van der Waals surface area contributed by atoms with Gasteiger partial charge >= 0.3 is 0 Å². The topological polar surface area (TPSA) is 43.2 Å². The van der Waals surface area contributed by atoms with Crippen LogP contribution >= 0.6 is 0 Å². The fraction of sp³-hybridized carbons (Fsp3) is 0.106. The summed E-state index contributed by atoms with van der Waals surface area (Å²) < 4.78 is 11.5. The van der Waals surface area contributed by atoms with E-state index in [0.29, 0.717) is 19.8 Å². The largest absolute Gasteiger partial charge is 0.476 e. The van der Waals surface area contributed by atoms with Crippen molar-refractivity contribution < 1.29 is 9.47 Å². The number of ether oxygens (including phenoxy) is 2. The third-order valence-electron chi connectivity index (χ3n) is 10.6. The molecule has 0 N–H and O–H groups in total. The number of aliphatic imine (C=N–C) groups is 2. The third kappa shape index (κ3) is 4.67. The summed E-state index contributed by atoms with van der Waals surface area (Å²) in [6, 6.07) is 57.8. The van der Waals surface area contributed by atoms with Crippen molar-refractivity contribution in [1.29, 1.82) is 0 Å². The van der Waals surface area contributed by atoms with Gasteiger partial charge in [-0.2, -0.15) is 0 Å². The predicted molar refractivity (Wildman–Crippen MR) is 207 cm³/mol. The van der Waals surface area contributed by atoms with Crippen LogP contribution in [-0.4, -0.2) is 38.1 Å². The minimum atomic E-state index is -0.555. The van der Waals surface area contributed by atoms with Gasteiger partial charge in [0.15, 0.2) is 0 Å². The number of fused-ring (bicyclic) bond motifs is 5. The second-order valence-corrected chi connectivity index (χ2v) is 13.4. The van der Waals surface area contributed by atoms with Gasteiger partial charge in [0.25, 0.3) is 0 Å². The van der Waals surface area contributed by atoms with Crippen molar-refractivity contribution in [2.45, 2.75) is 5.41 Å². The van der Waals surface area contributed by atoms with Crippen LogP contribution in [0.5, 0.6) is 0 Å². The molecule has 7 aromatic rings. The highest BCUT2D eigenvalue weighted by molar-refractivity contribution is 6.10. The maximum atomic E-state index is 5.79. The highest BCUT2D eigenvalue weighted by Gasteiger charge is 2.47. The van der Waals surface area contributed by atoms with Gasteiger partial charge in [-0.1, -0.05) is 121 Å². The Hall–Kier alpha value is -6.26. The zero-order valence-electron chi connectivity index (χ0n) is 28.1. The van der Waals surface area contributed by atoms with Crippen molar-refractivity contribution in [3.05, 3.63) is 191 Å². The standard InChI is InChI=1S/C47H34N2O2/c1-3-9-36(10-4-1)47(37-11-5-2-6-12-37)42-29-35(31-15-19-33(20-16-31)45-48-25-27-50-45)23-24-40(42)44-39-14-8-7-13-38(39)41(30-43(44)47)32-17-21-34(22-18-32)46-49-26-28-51-46/h1-24,29-30H,25-28H2. The second-order valence-electron chi connectivity index (χ2n) is 13.4. The van der Waals surface area contributed by atoms with Gasteiger partial charge in [-0.25, -0.2) is 9.98 Å². The van der Waals surface area contributed by atoms with E-state index in [9.17, 15) is 0 Å². The fourth-order valence-electron chi connectivity index (χ4n) is 8.38. The molecule has 10 rings (SSSR count). The van der Waals surface area contributed by atoms with E-state index in [0.717, 1.165) is 35.0 Å². The van der Waals surface area contributed by atoms with Gasteiger partial charge in [0.1, 0.15) is 13.2 Å². The maximum absolute atomic E-state index is 5.79. The Morgan fingerprint density at radius 3 is 1.49 bits per heavy atom. The van der Waals surface area contributed by atoms with Crippen molar-refractivity contribution in [2.75, 3.05) is 26.3 Å². The zero-order valence-corrected chi connectivity index (χ0v) is 28.1. The van der Waals surface area contributed by atoms with Gasteiger partial charge in [0.2, 0.25) is 11.8 Å². The molecule has 51 heavy (non-hydrogen) atoms. The Morgan fingerprint density at radius 1 is 0.412 bits per heavy atom. The Balaban J connectivity index is 1.24. The molecule has 0 unspecified atom stereocenters. The van der Waals surface area contributed by atoms with Crippen molar-refractivity contribution in [1.82, 2.24) is 0 Å². The lowest BCUT2D eigenvalue weighted by Crippen LogP contribution is -2.28. The highest BCUT2D eigenvalue weighted by atomic mass is 16.5. The van der Waals surface area contributed by atoms with Gasteiger partial charge in [-0.3, -0.25) is 0 Å². The summed E-state index contributed by atoms with van der Waals surface area (Å²) in [6.07, 6.45) is 0. The Labute approximate surface area is 297 Å². The van der Waals surface area contributed by atoms with E-state index in [1.54, 1.807) is 0 Å². The van der Waals surface area contributed by atoms with Gasteiger partial charge in [-0.15, -0.1) is 0 Å². The van der Waals surface area contributed by atoms with Crippen molar-refractivity contribution in [2.24, 2.45) is 9.98 Å². The number of rotatable bonds is 6. The number of nitrogens with zero attached hydrogens (tertiary/aromatic N) is 2. The van der Waals surface area contributed by atoms with Gasteiger partial charge in [-0.05, 0) is 103 Å². The molecule has 0 amide bonds. The summed E-state index contributed by atoms with van der Waals surface area (Å²) in [6.45, 7) is 2.73. The van der Waals surface area contributed by atoms with E-state index in [1.165, 1.54) is 60.8 Å². The molecular weight excluding hydrogens is 625 g/mol. The van der Waals surface area contributed by atoms with Gasteiger partial charge < -0.3 is 9.47 Å². The van der Waals surface area contributed by atoms with Gasteiger partial charge in [0, 0.05) is 11.1 Å². The molecule has 244 valence electrons. The summed E-state index contributed by atoms with van der Waals surface area (Å²) in [5, 5.41) is 2.49. The Morgan fingerprint density at radius 2 is 0.922 bits per heavy atom. The molecule has 0 saturated carbocycles. The van der Waals surface area contributed by atoms with Crippen LogP contribution in [0.25, 0.3) is 44.2 Å². The van der Waals surface area contributed by atoms with E-state index in [1.807, 2.05) is 0 Å². The molecule has 1 aliphatic carbocycles. The Kier molecular flexibility index (Phi) is 6.95. The summed E-state index contributed by atoms with van der Waals surface area (Å²) in [5.74, 6) is 1.46. The number of benzene rings is 7. The molecule has 0 atom stereocenters. The number of hydrogen-bond acceptors (Lipinski definition) is 4. The SMILES string of the molecule is c1ccc(C2(c3ccccc3)c3cc(-c4ccc(C5=NCCO5)cc4)ccc3-c3c2cc(-c2ccc(C4=NCCO4)cc2)c2ccccc32)cc1. The van der Waals surface area contributed by atoms with Gasteiger partial charge in [0.05, 0.1) is 18.5 Å². The van der Waals surface area contributed by atoms with Crippen molar-refractivity contribution >= 4 is 22.6 Å². The molecule has 0 radical (unpaired) electrons. The molecule has 2 aliphatic heterocycles. The Bertz CT molecular complexity index is 2460. The average molecular weight is 659 g/mol. The first kappa shape index (κ1) is 29.6. The lowest BCUT2D eigenvalue weighted by atomic mass is 9.67. The summed E-state index contributed by atoms with van der Waals surface area (Å²) >= 11 is 0. The molecule has 3 aliphatic rings. The van der Waals surface area contributed by atoms with E-state index < -0.39 is 5.41 Å². The summed E-state index contributed by atoms with van der Waals surface area (Å²) in [5.41, 5.74) is 13.8. The molecule has 4 nitrogen and oxygen atoms in total. The normalized spacial score (nSPS) is 15.5. The first-order chi connectivity index (χ1) is 25.3.